The van der Waals surface area contributed by atoms with Gasteiger partial charge < -0.3 is 5.32 Å². The highest BCUT2D eigenvalue weighted by Crippen LogP contribution is 2.20. The van der Waals surface area contributed by atoms with Crippen LogP contribution in [0.1, 0.15) is 12.0 Å². The molecule has 15 heavy (non-hydrogen) atoms. The molecule has 1 unspecified atom stereocenters. The highest BCUT2D eigenvalue weighted by molar-refractivity contribution is 7.98. The summed E-state index contributed by atoms with van der Waals surface area (Å²) in [6.07, 6.45) is 1.34. The van der Waals surface area contributed by atoms with Crippen LogP contribution in [-0.4, -0.2) is 18.8 Å². The van der Waals surface area contributed by atoms with Gasteiger partial charge in [-0.3, -0.25) is 0 Å². The third-order valence-corrected chi connectivity index (χ3v) is 4.15. The summed E-state index contributed by atoms with van der Waals surface area (Å²) in [5, 5.41) is 4.24. The van der Waals surface area contributed by atoms with Crippen molar-refractivity contribution in [2.75, 3.05) is 18.8 Å². The van der Waals surface area contributed by atoms with Crippen molar-refractivity contribution < 1.29 is 0 Å². The lowest BCUT2D eigenvalue weighted by atomic mass is 10.2. The van der Waals surface area contributed by atoms with Crippen LogP contribution in [0.25, 0.3) is 0 Å². The molecule has 0 saturated carbocycles. The molecule has 0 aromatic heterocycles. The fourth-order valence-electron chi connectivity index (χ4n) is 1.83. The van der Waals surface area contributed by atoms with Crippen molar-refractivity contribution in [3.05, 3.63) is 34.9 Å². The molecule has 1 aliphatic rings. The van der Waals surface area contributed by atoms with Crippen LogP contribution in [0.4, 0.5) is 0 Å². The van der Waals surface area contributed by atoms with Gasteiger partial charge in [0.05, 0.1) is 0 Å². The zero-order valence-corrected chi connectivity index (χ0v) is 10.3. The van der Waals surface area contributed by atoms with Crippen molar-refractivity contribution >= 4 is 23.4 Å². The van der Waals surface area contributed by atoms with Crippen LogP contribution in [0.2, 0.25) is 5.02 Å². The molecular weight excluding hydrogens is 226 g/mol. The molecule has 1 saturated heterocycles. The first-order valence-corrected chi connectivity index (χ1v) is 6.91. The van der Waals surface area contributed by atoms with E-state index in [-0.39, 0.29) is 0 Å². The monoisotopic (exact) mass is 241 g/mol. The summed E-state index contributed by atoms with van der Waals surface area (Å²) in [6, 6.07) is 8.15. The second-order valence-electron chi connectivity index (χ2n) is 4.00. The van der Waals surface area contributed by atoms with Crippen molar-refractivity contribution in [3.63, 3.8) is 0 Å². The SMILES string of the molecule is Clc1cccc(CSCC2CCNC2)c1. The molecular formula is C12H16ClNS. The van der Waals surface area contributed by atoms with Crippen LogP contribution in [0.3, 0.4) is 0 Å². The van der Waals surface area contributed by atoms with Crippen molar-refractivity contribution in [2.45, 2.75) is 12.2 Å². The molecule has 1 N–H and O–H groups in total. The minimum Gasteiger partial charge on any atom is -0.316 e. The van der Waals surface area contributed by atoms with Gasteiger partial charge in [0.1, 0.15) is 0 Å². The topological polar surface area (TPSA) is 12.0 Å². The number of halogens is 1. The average molecular weight is 242 g/mol. The van der Waals surface area contributed by atoms with E-state index in [1.807, 2.05) is 23.9 Å². The molecule has 1 nitrogen and oxygen atoms in total. The van der Waals surface area contributed by atoms with Crippen LogP contribution in [0, 0.1) is 5.92 Å². The summed E-state index contributed by atoms with van der Waals surface area (Å²) in [7, 11) is 0. The summed E-state index contributed by atoms with van der Waals surface area (Å²) < 4.78 is 0. The van der Waals surface area contributed by atoms with Gasteiger partial charge in [0.2, 0.25) is 0 Å². The third-order valence-electron chi connectivity index (χ3n) is 2.67. The van der Waals surface area contributed by atoms with Crippen LogP contribution < -0.4 is 5.32 Å². The maximum absolute atomic E-state index is 5.93. The van der Waals surface area contributed by atoms with Crippen molar-refractivity contribution in [1.82, 2.24) is 5.32 Å². The summed E-state index contributed by atoms with van der Waals surface area (Å²) in [4.78, 5) is 0. The van der Waals surface area contributed by atoms with E-state index in [9.17, 15) is 0 Å². The van der Waals surface area contributed by atoms with E-state index in [1.165, 1.54) is 30.8 Å². The van der Waals surface area contributed by atoms with E-state index in [4.69, 9.17) is 11.6 Å². The minimum atomic E-state index is 0.843. The number of nitrogens with one attached hydrogen (secondary N) is 1. The molecule has 1 aromatic carbocycles. The molecule has 0 spiro atoms. The zero-order chi connectivity index (χ0) is 10.5. The van der Waals surface area contributed by atoms with E-state index in [0.29, 0.717) is 0 Å². The Labute approximate surface area is 101 Å². The van der Waals surface area contributed by atoms with Crippen molar-refractivity contribution in [2.24, 2.45) is 5.92 Å². The van der Waals surface area contributed by atoms with Crippen molar-refractivity contribution in [1.29, 1.82) is 0 Å². The largest absolute Gasteiger partial charge is 0.316 e. The van der Waals surface area contributed by atoms with Gasteiger partial charge in [-0.2, -0.15) is 11.8 Å². The number of hydrogen-bond acceptors (Lipinski definition) is 2. The van der Waals surface area contributed by atoms with Gasteiger partial charge in [0, 0.05) is 10.8 Å². The molecule has 2 rings (SSSR count). The van der Waals surface area contributed by atoms with E-state index < -0.39 is 0 Å². The fraction of sp³-hybridized carbons (Fsp3) is 0.500. The zero-order valence-electron chi connectivity index (χ0n) is 8.71. The van der Waals surface area contributed by atoms with Gasteiger partial charge in [-0.05, 0) is 48.9 Å². The molecule has 3 heteroatoms. The Bertz CT molecular complexity index is 310. The molecule has 1 heterocycles. The summed E-state index contributed by atoms with van der Waals surface area (Å²) in [6.45, 7) is 2.39. The first kappa shape index (κ1) is 11.3. The van der Waals surface area contributed by atoms with Crippen LogP contribution in [0.5, 0.6) is 0 Å². The van der Waals surface area contributed by atoms with Gasteiger partial charge in [0.25, 0.3) is 0 Å². The minimum absolute atomic E-state index is 0.843. The highest BCUT2D eigenvalue weighted by Gasteiger charge is 2.13. The van der Waals surface area contributed by atoms with Crippen LogP contribution in [-0.2, 0) is 5.75 Å². The normalized spacial score (nSPS) is 20.7. The van der Waals surface area contributed by atoms with E-state index in [1.54, 1.807) is 0 Å². The highest BCUT2D eigenvalue weighted by atomic mass is 35.5. The Kier molecular flexibility index (Phi) is 4.36. The van der Waals surface area contributed by atoms with Gasteiger partial charge >= 0.3 is 0 Å². The Morgan fingerprint density at radius 2 is 2.40 bits per heavy atom. The molecule has 1 atom stereocenters. The molecule has 1 fully saturated rings. The lowest BCUT2D eigenvalue weighted by Crippen LogP contribution is -2.10. The predicted octanol–water partition coefficient (Wildman–Crippen LogP) is 3.18. The first-order valence-electron chi connectivity index (χ1n) is 5.37. The quantitative estimate of drug-likeness (QED) is 0.869. The average Bonchev–Trinajstić information content (AvgIpc) is 2.71. The van der Waals surface area contributed by atoms with Gasteiger partial charge in [-0.1, -0.05) is 23.7 Å². The molecule has 0 radical (unpaired) electrons. The van der Waals surface area contributed by atoms with E-state index in [0.717, 1.165) is 16.7 Å². The lowest BCUT2D eigenvalue weighted by Gasteiger charge is -2.07. The smallest absolute Gasteiger partial charge is 0.0409 e. The lowest BCUT2D eigenvalue weighted by molar-refractivity contribution is 0.662. The van der Waals surface area contributed by atoms with Gasteiger partial charge in [0.15, 0.2) is 0 Å². The molecule has 82 valence electrons. The van der Waals surface area contributed by atoms with E-state index >= 15 is 0 Å². The van der Waals surface area contributed by atoms with Crippen LogP contribution >= 0.6 is 23.4 Å². The standard InChI is InChI=1S/C12H16ClNS/c13-12-3-1-2-10(6-12)8-15-9-11-4-5-14-7-11/h1-3,6,11,14H,4-5,7-9H2. The second-order valence-corrected chi connectivity index (χ2v) is 5.47. The molecule has 0 aliphatic carbocycles. The number of thioether (sulfide) groups is 1. The molecule has 0 amide bonds. The fourth-order valence-corrected chi connectivity index (χ4v) is 3.19. The maximum atomic E-state index is 5.93. The van der Waals surface area contributed by atoms with E-state index in [2.05, 4.69) is 17.4 Å². The molecule has 1 aromatic rings. The first-order chi connectivity index (χ1) is 7.34. The van der Waals surface area contributed by atoms with Crippen molar-refractivity contribution in [3.8, 4) is 0 Å². The number of benzene rings is 1. The summed E-state index contributed by atoms with van der Waals surface area (Å²) >= 11 is 7.95. The number of rotatable bonds is 4. The maximum Gasteiger partial charge on any atom is 0.0409 e. The predicted molar refractivity (Wildman–Crippen MR) is 68.6 cm³/mol. The third kappa shape index (κ3) is 3.71. The Hall–Kier alpha value is -0.180. The Morgan fingerprint density at radius 1 is 1.47 bits per heavy atom. The van der Waals surface area contributed by atoms with Gasteiger partial charge in [-0.15, -0.1) is 0 Å². The van der Waals surface area contributed by atoms with Gasteiger partial charge in [-0.25, -0.2) is 0 Å². The molecule has 0 bridgehead atoms. The Morgan fingerprint density at radius 3 is 3.13 bits per heavy atom. The Balaban J connectivity index is 1.73. The number of hydrogen-bond donors (Lipinski definition) is 1. The van der Waals surface area contributed by atoms with Crippen LogP contribution in [0.15, 0.2) is 24.3 Å². The molecule has 1 aliphatic heterocycles. The second kappa shape index (κ2) is 5.78. The summed E-state index contributed by atoms with van der Waals surface area (Å²) in [5.41, 5.74) is 1.33. The summed E-state index contributed by atoms with van der Waals surface area (Å²) in [5.74, 6) is 3.21.